The van der Waals surface area contributed by atoms with E-state index in [4.69, 9.17) is 5.73 Å². The molecule has 3 rings (SSSR count). The molecule has 1 aliphatic heterocycles. The summed E-state index contributed by atoms with van der Waals surface area (Å²) in [6.45, 7) is 4.96. The number of guanidine groups is 1. The third-order valence-electron chi connectivity index (χ3n) is 4.50. The van der Waals surface area contributed by atoms with Crippen LogP contribution in [0, 0.1) is 5.92 Å². The molecule has 2 N–H and O–H groups in total. The maximum absolute atomic E-state index is 6.16. The van der Waals surface area contributed by atoms with Crippen LogP contribution in [0.4, 0.5) is 0 Å². The molecule has 5 nitrogen and oxygen atoms in total. The normalized spacial score (nSPS) is 16.1. The molecule has 0 amide bonds. The molecule has 0 atom stereocenters. The van der Waals surface area contributed by atoms with Crippen molar-refractivity contribution >= 4 is 29.9 Å². The third-order valence-corrected chi connectivity index (χ3v) is 4.50. The minimum atomic E-state index is 0. The summed E-state index contributed by atoms with van der Waals surface area (Å²) in [5.74, 6) is 1.47. The molecule has 0 radical (unpaired) electrons. The first-order valence-electron chi connectivity index (χ1n) is 8.24. The predicted octanol–water partition coefficient (Wildman–Crippen LogP) is 3.25. The summed E-state index contributed by atoms with van der Waals surface area (Å²) in [4.78, 5) is 6.78. The lowest BCUT2D eigenvalue weighted by atomic mass is 10.00. The molecule has 2 aromatic rings. The number of hydrogen-bond donors (Lipinski definition) is 1. The van der Waals surface area contributed by atoms with Crippen LogP contribution in [0.25, 0.3) is 11.1 Å². The molecule has 1 fully saturated rings. The molecule has 1 aliphatic rings. The van der Waals surface area contributed by atoms with Gasteiger partial charge < -0.3 is 10.6 Å². The fourth-order valence-corrected chi connectivity index (χ4v) is 2.93. The number of benzene rings is 1. The molecule has 0 unspecified atom stereocenters. The zero-order chi connectivity index (χ0) is 16.2. The number of aliphatic imine (C=N–C) groups is 1. The van der Waals surface area contributed by atoms with Crippen molar-refractivity contribution < 1.29 is 0 Å². The van der Waals surface area contributed by atoms with Crippen molar-refractivity contribution in [1.29, 1.82) is 0 Å². The van der Waals surface area contributed by atoms with Gasteiger partial charge in [0.05, 0.1) is 12.7 Å². The van der Waals surface area contributed by atoms with Gasteiger partial charge in [0.2, 0.25) is 0 Å². The van der Waals surface area contributed by atoms with E-state index in [1.807, 2.05) is 24.1 Å². The number of nitrogens with two attached hydrogens (primary N) is 1. The second-order valence-corrected chi connectivity index (χ2v) is 6.45. The Hall–Kier alpha value is -1.57. The molecule has 24 heavy (non-hydrogen) atoms. The monoisotopic (exact) mass is 439 g/mol. The molecule has 2 heterocycles. The van der Waals surface area contributed by atoms with E-state index in [0.29, 0.717) is 12.5 Å². The Morgan fingerprint density at radius 2 is 2.04 bits per heavy atom. The molecule has 1 saturated heterocycles. The molecule has 6 heteroatoms. The quantitative estimate of drug-likeness (QED) is 0.454. The number of aryl methyl sites for hydroxylation is 1. The summed E-state index contributed by atoms with van der Waals surface area (Å²) < 4.78 is 1.81. The van der Waals surface area contributed by atoms with Crippen LogP contribution in [0.15, 0.2) is 41.7 Å². The number of halogens is 1. The van der Waals surface area contributed by atoms with Crippen molar-refractivity contribution in [2.45, 2.75) is 26.3 Å². The second kappa shape index (κ2) is 8.50. The minimum absolute atomic E-state index is 0. The zero-order valence-electron chi connectivity index (χ0n) is 14.4. The summed E-state index contributed by atoms with van der Waals surface area (Å²) in [5.41, 5.74) is 9.61. The van der Waals surface area contributed by atoms with Gasteiger partial charge in [-0.25, -0.2) is 4.99 Å². The number of nitrogens with zero attached hydrogens (tertiary/aromatic N) is 4. The highest BCUT2D eigenvalue weighted by molar-refractivity contribution is 14.0. The number of rotatable bonds is 3. The van der Waals surface area contributed by atoms with Gasteiger partial charge in [-0.15, -0.1) is 24.0 Å². The highest BCUT2D eigenvalue weighted by Crippen LogP contribution is 2.20. The van der Waals surface area contributed by atoms with Crippen LogP contribution in [-0.4, -0.2) is 33.7 Å². The largest absolute Gasteiger partial charge is 0.370 e. The Balaban J connectivity index is 0.00000208. The van der Waals surface area contributed by atoms with Crippen molar-refractivity contribution in [2.24, 2.45) is 23.7 Å². The van der Waals surface area contributed by atoms with Gasteiger partial charge in [0, 0.05) is 31.9 Å². The first kappa shape index (κ1) is 18.8. The van der Waals surface area contributed by atoms with Crippen LogP contribution in [0.1, 0.15) is 25.3 Å². The summed E-state index contributed by atoms with van der Waals surface area (Å²) in [6.07, 6.45) is 6.30. The van der Waals surface area contributed by atoms with Crippen LogP contribution in [0.2, 0.25) is 0 Å². The number of likely N-dealkylation sites (tertiary alicyclic amines) is 1. The van der Waals surface area contributed by atoms with Gasteiger partial charge in [0.25, 0.3) is 0 Å². The van der Waals surface area contributed by atoms with E-state index in [2.05, 4.69) is 46.2 Å². The van der Waals surface area contributed by atoms with Crippen LogP contribution in [0.5, 0.6) is 0 Å². The Morgan fingerprint density at radius 3 is 2.71 bits per heavy atom. The molecular weight excluding hydrogens is 413 g/mol. The van der Waals surface area contributed by atoms with Crippen molar-refractivity contribution in [3.05, 3.63) is 42.2 Å². The lowest BCUT2D eigenvalue weighted by Gasteiger charge is -2.31. The van der Waals surface area contributed by atoms with Crippen molar-refractivity contribution in [3.8, 4) is 11.1 Å². The van der Waals surface area contributed by atoms with Crippen molar-refractivity contribution in [3.63, 3.8) is 0 Å². The van der Waals surface area contributed by atoms with E-state index in [9.17, 15) is 0 Å². The summed E-state index contributed by atoms with van der Waals surface area (Å²) in [7, 11) is 1.93. The highest BCUT2D eigenvalue weighted by Gasteiger charge is 2.16. The molecule has 0 spiro atoms. The van der Waals surface area contributed by atoms with Gasteiger partial charge in [-0.3, -0.25) is 4.68 Å². The number of hydrogen-bond acceptors (Lipinski definition) is 2. The summed E-state index contributed by atoms with van der Waals surface area (Å²) >= 11 is 0. The smallest absolute Gasteiger partial charge is 0.191 e. The minimum Gasteiger partial charge on any atom is -0.370 e. The predicted molar refractivity (Wildman–Crippen MR) is 109 cm³/mol. The standard InChI is InChI=1S/C18H25N5.HI/c1-14-6-8-23(9-7-14)18(19)20-11-15-4-3-5-16(10-15)17-12-21-22(2)13-17;/h3-5,10,12-14H,6-9,11H2,1-2H3,(H2,19,20);1H. The van der Waals surface area contributed by atoms with Crippen LogP contribution in [0.3, 0.4) is 0 Å². The van der Waals surface area contributed by atoms with Gasteiger partial charge in [0.15, 0.2) is 5.96 Å². The Bertz CT molecular complexity index is 686. The Labute approximate surface area is 161 Å². The maximum atomic E-state index is 6.16. The van der Waals surface area contributed by atoms with Crippen LogP contribution in [-0.2, 0) is 13.6 Å². The van der Waals surface area contributed by atoms with Gasteiger partial charge in [0.1, 0.15) is 0 Å². The van der Waals surface area contributed by atoms with Crippen molar-refractivity contribution in [1.82, 2.24) is 14.7 Å². The van der Waals surface area contributed by atoms with E-state index in [1.165, 1.54) is 18.4 Å². The van der Waals surface area contributed by atoms with E-state index in [-0.39, 0.29) is 24.0 Å². The summed E-state index contributed by atoms with van der Waals surface area (Å²) in [6, 6.07) is 8.41. The van der Waals surface area contributed by atoms with E-state index in [1.54, 1.807) is 0 Å². The number of piperidine rings is 1. The molecule has 0 aliphatic carbocycles. The SMILES string of the molecule is CC1CCN(C(N)=NCc2cccc(-c3cnn(C)c3)c2)CC1.I. The van der Waals surface area contributed by atoms with Gasteiger partial charge >= 0.3 is 0 Å². The van der Waals surface area contributed by atoms with Gasteiger partial charge in [-0.1, -0.05) is 25.1 Å². The molecule has 1 aromatic heterocycles. The van der Waals surface area contributed by atoms with Crippen LogP contribution >= 0.6 is 24.0 Å². The average molecular weight is 439 g/mol. The lowest BCUT2D eigenvalue weighted by molar-refractivity contribution is 0.277. The first-order chi connectivity index (χ1) is 11.1. The van der Waals surface area contributed by atoms with Crippen LogP contribution < -0.4 is 5.73 Å². The second-order valence-electron chi connectivity index (χ2n) is 6.45. The molecule has 0 saturated carbocycles. The molecule has 130 valence electrons. The fraction of sp³-hybridized carbons (Fsp3) is 0.444. The number of aromatic nitrogens is 2. The highest BCUT2D eigenvalue weighted by atomic mass is 127. The van der Waals surface area contributed by atoms with Gasteiger partial charge in [-0.05, 0) is 36.0 Å². The van der Waals surface area contributed by atoms with E-state index >= 15 is 0 Å². The maximum Gasteiger partial charge on any atom is 0.191 e. The Morgan fingerprint density at radius 1 is 1.29 bits per heavy atom. The zero-order valence-corrected chi connectivity index (χ0v) is 16.7. The summed E-state index contributed by atoms with van der Waals surface area (Å²) in [5, 5.41) is 4.23. The van der Waals surface area contributed by atoms with E-state index in [0.717, 1.165) is 30.1 Å². The molecular formula is C18H26IN5. The first-order valence-corrected chi connectivity index (χ1v) is 8.24. The fourth-order valence-electron chi connectivity index (χ4n) is 2.93. The topological polar surface area (TPSA) is 59.4 Å². The van der Waals surface area contributed by atoms with Gasteiger partial charge in [-0.2, -0.15) is 5.10 Å². The van der Waals surface area contributed by atoms with E-state index < -0.39 is 0 Å². The third kappa shape index (κ3) is 4.72. The lowest BCUT2D eigenvalue weighted by Crippen LogP contribution is -2.42. The average Bonchev–Trinajstić information content (AvgIpc) is 3.00. The molecule has 1 aromatic carbocycles. The molecule has 0 bridgehead atoms. The van der Waals surface area contributed by atoms with Crippen molar-refractivity contribution in [2.75, 3.05) is 13.1 Å². The Kier molecular flexibility index (Phi) is 6.65.